The number of ether oxygens (including phenoxy) is 1. The van der Waals surface area contributed by atoms with Crippen molar-refractivity contribution in [2.24, 2.45) is 5.92 Å². The molecule has 1 atom stereocenters. The summed E-state index contributed by atoms with van der Waals surface area (Å²) in [6.45, 7) is 4.82. The van der Waals surface area contributed by atoms with Crippen molar-refractivity contribution in [3.63, 3.8) is 0 Å². The first kappa shape index (κ1) is 16.4. The average molecular weight is 312 g/mol. The summed E-state index contributed by atoms with van der Waals surface area (Å²) in [7, 11) is 0. The first-order valence-electron chi connectivity index (χ1n) is 7.56. The number of nitrogens with zero attached hydrogens (tertiary/aromatic N) is 1. The topological polar surface area (TPSA) is 71.5 Å². The fourth-order valence-corrected chi connectivity index (χ4v) is 3.38. The van der Waals surface area contributed by atoms with Gasteiger partial charge < -0.3 is 15.2 Å². The predicted octanol–water partition coefficient (Wildman–Crippen LogP) is 2.28. The van der Waals surface area contributed by atoms with Crippen molar-refractivity contribution in [3.8, 4) is 0 Å². The van der Waals surface area contributed by atoms with Crippen LogP contribution in [-0.4, -0.2) is 34.8 Å². The first-order valence-corrected chi connectivity index (χ1v) is 8.44. The summed E-state index contributed by atoms with van der Waals surface area (Å²) in [6, 6.07) is 0.136. The quantitative estimate of drug-likeness (QED) is 0.789. The van der Waals surface area contributed by atoms with Crippen LogP contribution in [0.5, 0.6) is 0 Å². The Kier molecular flexibility index (Phi) is 5.72. The smallest absolute Gasteiger partial charge is 0.308 e. The summed E-state index contributed by atoms with van der Waals surface area (Å²) in [5, 5.41) is 16.9. The van der Waals surface area contributed by atoms with Gasteiger partial charge in [0.15, 0.2) is 0 Å². The van der Waals surface area contributed by atoms with E-state index >= 15 is 0 Å². The lowest BCUT2D eigenvalue weighted by molar-refractivity contribution is -0.151. The zero-order valence-electron chi connectivity index (χ0n) is 12.7. The molecular formula is C15H24N2O3S. The molecule has 1 fully saturated rings. The molecule has 1 aromatic heterocycles. The van der Waals surface area contributed by atoms with Crippen molar-refractivity contribution in [2.45, 2.75) is 51.2 Å². The molecule has 0 aliphatic heterocycles. The van der Waals surface area contributed by atoms with Crippen LogP contribution in [0.3, 0.4) is 0 Å². The Morgan fingerprint density at radius 3 is 2.90 bits per heavy atom. The second-order valence-corrected chi connectivity index (χ2v) is 6.65. The van der Waals surface area contributed by atoms with Gasteiger partial charge >= 0.3 is 5.97 Å². The Morgan fingerprint density at radius 2 is 2.33 bits per heavy atom. The van der Waals surface area contributed by atoms with Crippen LogP contribution in [0.1, 0.15) is 50.6 Å². The Labute approximate surface area is 129 Å². The molecule has 6 heteroatoms. The van der Waals surface area contributed by atoms with Crippen LogP contribution < -0.4 is 5.32 Å². The number of carbonyl (C=O) groups is 1. The number of esters is 1. The molecule has 0 spiro atoms. The van der Waals surface area contributed by atoms with E-state index in [0.717, 1.165) is 5.01 Å². The lowest BCUT2D eigenvalue weighted by atomic mass is 9.78. The number of aromatic nitrogens is 1. The van der Waals surface area contributed by atoms with Crippen molar-refractivity contribution >= 4 is 17.3 Å². The number of nitrogens with one attached hydrogen (secondary N) is 1. The molecule has 0 bridgehead atoms. The SMILES string of the molecule is CCOC(=O)C1CCC(O)(CNC(C)c2nccs2)CC1. The molecule has 1 heterocycles. The van der Waals surface area contributed by atoms with Gasteiger partial charge in [-0.1, -0.05) is 0 Å². The number of rotatable bonds is 6. The molecule has 2 rings (SSSR count). The second kappa shape index (κ2) is 7.33. The molecule has 21 heavy (non-hydrogen) atoms. The number of hydrogen-bond acceptors (Lipinski definition) is 6. The fourth-order valence-electron chi connectivity index (χ4n) is 2.71. The normalized spacial score (nSPS) is 27.3. The van der Waals surface area contributed by atoms with Crippen LogP contribution in [0.2, 0.25) is 0 Å². The van der Waals surface area contributed by atoms with Crippen molar-refractivity contribution in [2.75, 3.05) is 13.2 Å². The Hall–Kier alpha value is -0.980. The van der Waals surface area contributed by atoms with Crippen LogP contribution in [0.15, 0.2) is 11.6 Å². The van der Waals surface area contributed by atoms with Gasteiger partial charge in [-0.05, 0) is 39.5 Å². The van der Waals surface area contributed by atoms with E-state index in [1.807, 2.05) is 19.2 Å². The van der Waals surface area contributed by atoms with E-state index in [1.165, 1.54) is 0 Å². The lowest BCUT2D eigenvalue weighted by Gasteiger charge is -2.36. The van der Waals surface area contributed by atoms with Crippen molar-refractivity contribution in [3.05, 3.63) is 16.6 Å². The van der Waals surface area contributed by atoms with Gasteiger partial charge in [0.25, 0.3) is 0 Å². The van der Waals surface area contributed by atoms with Crippen molar-refractivity contribution < 1.29 is 14.6 Å². The van der Waals surface area contributed by atoms with Gasteiger partial charge in [-0.15, -0.1) is 11.3 Å². The predicted molar refractivity (Wildman–Crippen MR) is 82.1 cm³/mol. The molecule has 0 saturated heterocycles. The third kappa shape index (κ3) is 4.49. The lowest BCUT2D eigenvalue weighted by Crippen LogP contribution is -2.45. The van der Waals surface area contributed by atoms with Gasteiger partial charge in [-0.2, -0.15) is 0 Å². The van der Waals surface area contributed by atoms with E-state index < -0.39 is 5.60 Å². The Morgan fingerprint density at radius 1 is 1.62 bits per heavy atom. The van der Waals surface area contributed by atoms with Crippen molar-refractivity contribution in [1.29, 1.82) is 0 Å². The van der Waals surface area contributed by atoms with Crippen LogP contribution in [-0.2, 0) is 9.53 Å². The summed E-state index contributed by atoms with van der Waals surface area (Å²) >= 11 is 1.61. The van der Waals surface area contributed by atoms with Gasteiger partial charge in [0.2, 0.25) is 0 Å². The number of aliphatic hydroxyl groups is 1. The van der Waals surface area contributed by atoms with E-state index in [-0.39, 0.29) is 17.9 Å². The largest absolute Gasteiger partial charge is 0.466 e. The summed E-state index contributed by atoms with van der Waals surface area (Å²) in [4.78, 5) is 16.0. The highest BCUT2D eigenvalue weighted by Crippen LogP contribution is 2.33. The zero-order chi connectivity index (χ0) is 15.3. The van der Waals surface area contributed by atoms with Gasteiger partial charge in [0.1, 0.15) is 5.01 Å². The second-order valence-electron chi connectivity index (χ2n) is 5.72. The highest BCUT2D eigenvalue weighted by Gasteiger charge is 2.36. The maximum Gasteiger partial charge on any atom is 0.308 e. The molecule has 1 aromatic rings. The molecular weight excluding hydrogens is 288 g/mol. The highest BCUT2D eigenvalue weighted by atomic mass is 32.1. The minimum absolute atomic E-state index is 0.0541. The van der Waals surface area contributed by atoms with Crippen LogP contribution in [0.25, 0.3) is 0 Å². The average Bonchev–Trinajstić information content (AvgIpc) is 3.00. The van der Waals surface area contributed by atoms with E-state index in [1.54, 1.807) is 17.5 Å². The maximum absolute atomic E-state index is 11.7. The summed E-state index contributed by atoms with van der Waals surface area (Å²) in [6.07, 6.45) is 4.45. The Bertz CT molecular complexity index is 442. The summed E-state index contributed by atoms with van der Waals surface area (Å²) in [5.74, 6) is -0.176. The standard InChI is InChI=1S/C15H24N2O3S/c1-3-20-14(18)12-4-6-15(19,7-5-12)10-17-11(2)13-16-8-9-21-13/h8-9,11-12,17,19H,3-7,10H2,1-2H3. The minimum atomic E-state index is -0.728. The first-order chi connectivity index (χ1) is 10.0. The van der Waals surface area contributed by atoms with Crippen LogP contribution >= 0.6 is 11.3 Å². The number of thiazole rings is 1. The molecule has 1 aliphatic rings. The van der Waals surface area contributed by atoms with Crippen LogP contribution in [0.4, 0.5) is 0 Å². The molecule has 0 aromatic carbocycles. The minimum Gasteiger partial charge on any atom is -0.466 e. The maximum atomic E-state index is 11.7. The van der Waals surface area contributed by atoms with Gasteiger partial charge in [0, 0.05) is 18.1 Å². The fraction of sp³-hybridized carbons (Fsp3) is 0.733. The van der Waals surface area contributed by atoms with Crippen LogP contribution in [0, 0.1) is 5.92 Å². The molecule has 0 radical (unpaired) electrons. The molecule has 1 aliphatic carbocycles. The van der Waals surface area contributed by atoms with Gasteiger partial charge in [-0.25, -0.2) is 4.98 Å². The molecule has 5 nitrogen and oxygen atoms in total. The highest BCUT2D eigenvalue weighted by molar-refractivity contribution is 7.09. The van der Waals surface area contributed by atoms with E-state index in [4.69, 9.17) is 4.74 Å². The van der Waals surface area contributed by atoms with Gasteiger partial charge in [0.05, 0.1) is 24.2 Å². The summed E-state index contributed by atoms with van der Waals surface area (Å²) < 4.78 is 5.05. The molecule has 118 valence electrons. The molecule has 1 unspecified atom stereocenters. The number of hydrogen-bond donors (Lipinski definition) is 2. The molecule has 2 N–H and O–H groups in total. The Balaban J connectivity index is 1.78. The third-order valence-corrected chi connectivity index (χ3v) is 5.05. The van der Waals surface area contributed by atoms with E-state index in [9.17, 15) is 9.90 Å². The van der Waals surface area contributed by atoms with Crippen molar-refractivity contribution in [1.82, 2.24) is 10.3 Å². The third-order valence-electron chi connectivity index (χ3n) is 4.10. The summed E-state index contributed by atoms with van der Waals surface area (Å²) in [5.41, 5.74) is -0.728. The monoisotopic (exact) mass is 312 g/mol. The van der Waals surface area contributed by atoms with E-state index in [2.05, 4.69) is 10.3 Å². The van der Waals surface area contributed by atoms with Gasteiger partial charge in [-0.3, -0.25) is 4.79 Å². The zero-order valence-corrected chi connectivity index (χ0v) is 13.5. The number of carbonyl (C=O) groups excluding carboxylic acids is 1. The molecule has 0 amide bonds. The molecule has 1 saturated carbocycles. The van der Waals surface area contributed by atoms with E-state index in [0.29, 0.717) is 38.8 Å².